The summed E-state index contributed by atoms with van der Waals surface area (Å²) in [5.74, 6) is 0.293. The zero-order valence-electron chi connectivity index (χ0n) is 12.0. The zero-order valence-corrected chi connectivity index (χ0v) is 12.0. The van der Waals surface area contributed by atoms with Crippen molar-refractivity contribution in [3.05, 3.63) is 65.9 Å². The highest BCUT2D eigenvalue weighted by Gasteiger charge is 2.12. The van der Waals surface area contributed by atoms with E-state index in [4.69, 9.17) is 4.52 Å². The number of hydrogen-bond donors (Lipinski definition) is 1. The number of hydrogen-bond acceptors (Lipinski definition) is 5. The lowest BCUT2D eigenvalue weighted by atomic mass is 10.1. The van der Waals surface area contributed by atoms with E-state index in [1.165, 1.54) is 6.20 Å². The minimum Gasteiger partial charge on any atom is -0.361 e. The van der Waals surface area contributed by atoms with Crippen molar-refractivity contribution in [2.24, 2.45) is 0 Å². The summed E-state index contributed by atoms with van der Waals surface area (Å²) in [7, 11) is 0. The van der Waals surface area contributed by atoms with Crippen LogP contribution in [0.1, 0.15) is 21.7 Å². The highest BCUT2D eigenvalue weighted by Crippen LogP contribution is 2.16. The zero-order chi connectivity index (χ0) is 15.4. The topological polar surface area (TPSA) is 80.9 Å². The third-order valence-corrected chi connectivity index (χ3v) is 3.23. The smallest absolute Gasteiger partial charge is 0.256 e. The Morgan fingerprint density at radius 3 is 2.91 bits per heavy atom. The van der Waals surface area contributed by atoms with Crippen LogP contribution in [0, 0.1) is 6.92 Å². The molecule has 1 amide bonds. The van der Waals surface area contributed by atoms with Crippen LogP contribution in [0.4, 0.5) is 0 Å². The molecule has 3 heterocycles. The lowest BCUT2D eigenvalue weighted by Crippen LogP contribution is -2.23. The van der Waals surface area contributed by atoms with Gasteiger partial charge in [0.2, 0.25) is 0 Å². The van der Waals surface area contributed by atoms with Gasteiger partial charge in [0.15, 0.2) is 0 Å². The molecule has 3 aromatic heterocycles. The van der Waals surface area contributed by atoms with E-state index < -0.39 is 0 Å². The van der Waals surface area contributed by atoms with Crippen LogP contribution in [0.5, 0.6) is 0 Å². The van der Waals surface area contributed by atoms with Crippen LogP contribution in [0.3, 0.4) is 0 Å². The first-order valence-corrected chi connectivity index (χ1v) is 6.79. The summed E-state index contributed by atoms with van der Waals surface area (Å²) in [5.41, 5.74) is 3.16. The monoisotopic (exact) mass is 294 g/mol. The van der Waals surface area contributed by atoms with Crippen LogP contribution in [-0.4, -0.2) is 21.0 Å². The number of pyridine rings is 2. The molecule has 22 heavy (non-hydrogen) atoms. The van der Waals surface area contributed by atoms with Gasteiger partial charge in [0.1, 0.15) is 11.3 Å². The van der Waals surface area contributed by atoms with Gasteiger partial charge in [0.05, 0.1) is 11.9 Å². The van der Waals surface area contributed by atoms with Gasteiger partial charge in [-0.25, -0.2) is 0 Å². The molecule has 0 aromatic carbocycles. The van der Waals surface area contributed by atoms with Crippen molar-refractivity contribution in [2.45, 2.75) is 13.5 Å². The maximum absolute atomic E-state index is 12.0. The van der Waals surface area contributed by atoms with Crippen molar-refractivity contribution in [2.75, 3.05) is 0 Å². The number of nitrogens with zero attached hydrogens (tertiary/aromatic N) is 3. The molecule has 3 rings (SSSR count). The number of nitrogens with one attached hydrogen (secondary N) is 1. The Morgan fingerprint density at radius 1 is 1.27 bits per heavy atom. The predicted octanol–water partition coefficient (Wildman–Crippen LogP) is 2.37. The summed E-state index contributed by atoms with van der Waals surface area (Å²) in [6, 6.07) is 7.59. The predicted molar refractivity (Wildman–Crippen MR) is 79.9 cm³/mol. The molecular weight excluding hydrogens is 280 g/mol. The Bertz CT molecular complexity index is 784. The minimum absolute atomic E-state index is 0.210. The van der Waals surface area contributed by atoms with Gasteiger partial charge < -0.3 is 9.84 Å². The average Bonchev–Trinajstić information content (AvgIpc) is 3.00. The Balaban J connectivity index is 1.71. The fourth-order valence-electron chi connectivity index (χ4n) is 2.05. The van der Waals surface area contributed by atoms with E-state index in [1.54, 1.807) is 25.5 Å². The minimum atomic E-state index is -0.210. The summed E-state index contributed by atoms with van der Waals surface area (Å²) >= 11 is 0. The SMILES string of the molecule is Cc1oncc1C(=O)NCc1ccnc(-c2cccnc2)c1. The Morgan fingerprint density at radius 2 is 2.18 bits per heavy atom. The lowest BCUT2D eigenvalue weighted by molar-refractivity contribution is 0.0949. The molecule has 6 heteroatoms. The van der Waals surface area contributed by atoms with E-state index >= 15 is 0 Å². The molecule has 0 aliphatic carbocycles. The molecule has 0 aliphatic heterocycles. The van der Waals surface area contributed by atoms with Gasteiger partial charge in [0, 0.05) is 30.7 Å². The number of aromatic nitrogens is 3. The average molecular weight is 294 g/mol. The molecular formula is C16H14N4O2. The van der Waals surface area contributed by atoms with Gasteiger partial charge in [-0.2, -0.15) is 0 Å². The molecule has 1 N–H and O–H groups in total. The molecule has 3 aromatic rings. The maximum atomic E-state index is 12.0. The number of amides is 1. The van der Waals surface area contributed by atoms with E-state index in [1.807, 2.05) is 24.3 Å². The fraction of sp³-hybridized carbons (Fsp3) is 0.125. The molecule has 0 spiro atoms. The lowest BCUT2D eigenvalue weighted by Gasteiger charge is -2.06. The number of aryl methyl sites for hydroxylation is 1. The molecule has 0 fully saturated rings. The van der Waals surface area contributed by atoms with Gasteiger partial charge in [-0.15, -0.1) is 0 Å². The van der Waals surface area contributed by atoms with E-state index in [0.29, 0.717) is 17.9 Å². The van der Waals surface area contributed by atoms with Crippen molar-refractivity contribution in [1.29, 1.82) is 0 Å². The normalized spacial score (nSPS) is 10.4. The van der Waals surface area contributed by atoms with Crippen LogP contribution in [0.2, 0.25) is 0 Å². The summed E-state index contributed by atoms with van der Waals surface area (Å²) in [5, 5.41) is 6.44. The number of rotatable bonds is 4. The summed E-state index contributed by atoms with van der Waals surface area (Å²) in [4.78, 5) is 20.4. The van der Waals surface area contributed by atoms with Gasteiger partial charge in [-0.1, -0.05) is 5.16 Å². The van der Waals surface area contributed by atoms with Crippen molar-refractivity contribution in [1.82, 2.24) is 20.4 Å². The molecule has 110 valence electrons. The van der Waals surface area contributed by atoms with Gasteiger partial charge in [0.25, 0.3) is 5.91 Å². The first-order chi connectivity index (χ1) is 10.7. The third-order valence-electron chi connectivity index (χ3n) is 3.23. The van der Waals surface area contributed by atoms with E-state index in [9.17, 15) is 4.79 Å². The van der Waals surface area contributed by atoms with Gasteiger partial charge >= 0.3 is 0 Å². The standard InChI is InChI=1S/C16H14N4O2/c1-11-14(10-20-22-11)16(21)19-8-12-4-6-18-15(7-12)13-3-2-5-17-9-13/h2-7,9-10H,8H2,1H3,(H,19,21). The van der Waals surface area contributed by atoms with Gasteiger partial charge in [-0.3, -0.25) is 14.8 Å². The number of carbonyl (C=O) groups excluding carboxylic acids is 1. The Hall–Kier alpha value is -3.02. The summed E-state index contributed by atoms with van der Waals surface area (Å²) in [6.45, 7) is 2.11. The van der Waals surface area contributed by atoms with E-state index in [-0.39, 0.29) is 5.91 Å². The Kier molecular flexibility index (Phi) is 3.91. The molecule has 0 unspecified atom stereocenters. The van der Waals surface area contributed by atoms with Gasteiger partial charge in [-0.05, 0) is 36.8 Å². The Labute approximate surface area is 127 Å². The maximum Gasteiger partial charge on any atom is 0.256 e. The third kappa shape index (κ3) is 3.01. The highest BCUT2D eigenvalue weighted by atomic mass is 16.5. The summed E-state index contributed by atoms with van der Waals surface area (Å²) < 4.78 is 4.89. The largest absolute Gasteiger partial charge is 0.361 e. The second-order valence-corrected chi connectivity index (χ2v) is 4.77. The fourth-order valence-corrected chi connectivity index (χ4v) is 2.05. The molecule has 0 saturated carbocycles. The molecule has 6 nitrogen and oxygen atoms in total. The molecule has 0 atom stereocenters. The highest BCUT2D eigenvalue weighted by molar-refractivity contribution is 5.94. The quantitative estimate of drug-likeness (QED) is 0.799. The first-order valence-electron chi connectivity index (χ1n) is 6.79. The van der Waals surface area contributed by atoms with Crippen molar-refractivity contribution >= 4 is 5.91 Å². The van der Waals surface area contributed by atoms with E-state index in [0.717, 1.165) is 16.8 Å². The van der Waals surface area contributed by atoms with Crippen molar-refractivity contribution < 1.29 is 9.32 Å². The molecule has 0 aliphatic rings. The van der Waals surface area contributed by atoms with Crippen molar-refractivity contribution in [3.63, 3.8) is 0 Å². The second kappa shape index (κ2) is 6.17. The van der Waals surface area contributed by atoms with E-state index in [2.05, 4.69) is 20.4 Å². The summed E-state index contributed by atoms with van der Waals surface area (Å²) in [6.07, 6.45) is 6.60. The van der Waals surface area contributed by atoms with Crippen LogP contribution in [0.25, 0.3) is 11.3 Å². The second-order valence-electron chi connectivity index (χ2n) is 4.77. The van der Waals surface area contributed by atoms with Crippen LogP contribution in [0.15, 0.2) is 53.6 Å². The van der Waals surface area contributed by atoms with Crippen LogP contribution in [-0.2, 0) is 6.54 Å². The van der Waals surface area contributed by atoms with Crippen LogP contribution >= 0.6 is 0 Å². The van der Waals surface area contributed by atoms with Crippen LogP contribution < -0.4 is 5.32 Å². The first kappa shape index (κ1) is 13.9. The molecule has 0 bridgehead atoms. The molecule has 0 radical (unpaired) electrons. The molecule has 0 saturated heterocycles. The van der Waals surface area contributed by atoms with Crippen molar-refractivity contribution in [3.8, 4) is 11.3 Å². The number of carbonyl (C=O) groups is 1.